The zero-order valence-electron chi connectivity index (χ0n) is 14.4. The summed E-state index contributed by atoms with van der Waals surface area (Å²) >= 11 is 0. The van der Waals surface area contributed by atoms with Crippen molar-refractivity contribution in [1.29, 1.82) is 0 Å². The molecule has 2 N–H and O–H groups in total. The summed E-state index contributed by atoms with van der Waals surface area (Å²) in [5.41, 5.74) is 2.70. The number of hydroxylamine groups is 1. The van der Waals surface area contributed by atoms with Crippen molar-refractivity contribution in [2.75, 3.05) is 24.5 Å². The molecule has 3 heterocycles. The van der Waals surface area contributed by atoms with E-state index in [1.54, 1.807) is 20.4 Å². The van der Waals surface area contributed by atoms with Crippen LogP contribution in [0.15, 0.2) is 24.7 Å². The minimum Gasteiger partial charge on any atom is -0.480 e. The zero-order chi connectivity index (χ0) is 17.6. The normalized spacial score (nSPS) is 13.9. The second-order valence-corrected chi connectivity index (χ2v) is 6.24. The number of fused-ring (bicyclic) bond motifs is 1. The Labute approximate surface area is 145 Å². The molecule has 8 heteroatoms. The van der Waals surface area contributed by atoms with Gasteiger partial charge in [-0.1, -0.05) is 0 Å². The van der Waals surface area contributed by atoms with Crippen LogP contribution in [0.1, 0.15) is 12.8 Å². The summed E-state index contributed by atoms with van der Waals surface area (Å²) in [5.74, 6) is 1.78. The van der Waals surface area contributed by atoms with Gasteiger partial charge in [-0.05, 0) is 25.0 Å². The van der Waals surface area contributed by atoms with Gasteiger partial charge in [0.05, 0.1) is 24.5 Å². The first-order chi connectivity index (χ1) is 12.1. The minimum absolute atomic E-state index is 0.462. The van der Waals surface area contributed by atoms with Gasteiger partial charge in [0, 0.05) is 25.5 Å². The standard InChI is InChI=1S/C17H20N6O2/c1-22-12(6-10-7-14(23(2)24)18-8-13(10)22)15-16(21-11-4-5-11)19-9-20-17(15)25-3/h6-9,11,24H,4-5H2,1-3H3,(H,19,20,21). The Morgan fingerprint density at radius 2 is 2.08 bits per heavy atom. The van der Waals surface area contributed by atoms with E-state index in [1.807, 2.05) is 23.7 Å². The topological polar surface area (TPSA) is 88.3 Å². The van der Waals surface area contributed by atoms with Gasteiger partial charge in [-0.25, -0.2) is 20.0 Å². The molecule has 1 aliphatic rings. The van der Waals surface area contributed by atoms with E-state index < -0.39 is 0 Å². The number of rotatable bonds is 5. The fourth-order valence-corrected chi connectivity index (χ4v) is 2.92. The molecule has 0 atom stereocenters. The van der Waals surface area contributed by atoms with Gasteiger partial charge in [0.25, 0.3) is 0 Å². The van der Waals surface area contributed by atoms with Crippen molar-refractivity contribution in [3.63, 3.8) is 0 Å². The van der Waals surface area contributed by atoms with Crippen molar-refractivity contribution in [3.05, 3.63) is 24.7 Å². The Morgan fingerprint density at radius 3 is 2.76 bits per heavy atom. The molecule has 130 valence electrons. The van der Waals surface area contributed by atoms with E-state index in [2.05, 4.69) is 20.3 Å². The summed E-state index contributed by atoms with van der Waals surface area (Å²) in [7, 11) is 5.12. The third-order valence-corrected chi connectivity index (χ3v) is 4.43. The van der Waals surface area contributed by atoms with Crippen molar-refractivity contribution < 1.29 is 9.94 Å². The quantitative estimate of drug-likeness (QED) is 0.690. The SMILES string of the molecule is COc1ncnc(NC2CC2)c1-c1cc2cc(N(C)O)ncc2n1C. The molecule has 1 saturated carbocycles. The number of aryl methyl sites for hydroxylation is 1. The van der Waals surface area contributed by atoms with Crippen molar-refractivity contribution in [2.24, 2.45) is 7.05 Å². The van der Waals surface area contributed by atoms with Crippen LogP contribution in [0.2, 0.25) is 0 Å². The molecule has 0 aliphatic heterocycles. The average Bonchev–Trinajstić information content (AvgIpc) is 3.37. The second kappa shape index (κ2) is 5.89. The van der Waals surface area contributed by atoms with Crippen LogP contribution in [-0.2, 0) is 7.05 Å². The van der Waals surface area contributed by atoms with Crippen LogP contribution in [0.4, 0.5) is 11.6 Å². The van der Waals surface area contributed by atoms with E-state index in [0.717, 1.165) is 45.9 Å². The van der Waals surface area contributed by atoms with Crippen LogP contribution < -0.4 is 15.1 Å². The van der Waals surface area contributed by atoms with Crippen molar-refractivity contribution in [2.45, 2.75) is 18.9 Å². The lowest BCUT2D eigenvalue weighted by Crippen LogP contribution is -2.11. The number of hydrogen-bond donors (Lipinski definition) is 2. The molecule has 0 saturated heterocycles. The number of nitrogens with one attached hydrogen (secondary N) is 1. The van der Waals surface area contributed by atoms with Gasteiger partial charge in [0.1, 0.15) is 17.7 Å². The van der Waals surface area contributed by atoms with Gasteiger partial charge in [0.15, 0.2) is 5.82 Å². The largest absolute Gasteiger partial charge is 0.480 e. The van der Waals surface area contributed by atoms with E-state index in [9.17, 15) is 5.21 Å². The Bertz CT molecular complexity index is 932. The highest BCUT2D eigenvalue weighted by Gasteiger charge is 2.26. The number of pyridine rings is 1. The number of methoxy groups -OCH3 is 1. The number of hydrogen-bond acceptors (Lipinski definition) is 7. The predicted octanol–water partition coefficient (Wildman–Crippen LogP) is 2.44. The molecular weight excluding hydrogens is 320 g/mol. The van der Waals surface area contributed by atoms with E-state index in [4.69, 9.17) is 4.74 Å². The average molecular weight is 340 g/mol. The fraction of sp³-hybridized carbons (Fsp3) is 0.353. The summed E-state index contributed by atoms with van der Waals surface area (Å²) in [6, 6.07) is 4.33. The Kier molecular flexibility index (Phi) is 3.69. The van der Waals surface area contributed by atoms with Crippen LogP contribution in [0.25, 0.3) is 22.2 Å². The zero-order valence-corrected chi connectivity index (χ0v) is 14.4. The number of anilines is 2. The highest BCUT2D eigenvalue weighted by atomic mass is 16.5. The molecule has 1 fully saturated rings. The first-order valence-corrected chi connectivity index (χ1v) is 8.12. The molecule has 1 aliphatic carbocycles. The van der Waals surface area contributed by atoms with Crippen LogP contribution in [-0.4, -0.2) is 44.9 Å². The molecular formula is C17H20N6O2. The molecule has 0 unspecified atom stereocenters. The first-order valence-electron chi connectivity index (χ1n) is 8.12. The summed E-state index contributed by atoms with van der Waals surface area (Å²) < 4.78 is 7.52. The Morgan fingerprint density at radius 1 is 1.28 bits per heavy atom. The van der Waals surface area contributed by atoms with E-state index >= 15 is 0 Å². The number of ether oxygens (including phenoxy) is 1. The third kappa shape index (κ3) is 2.74. The molecule has 0 bridgehead atoms. The maximum Gasteiger partial charge on any atom is 0.227 e. The first kappa shape index (κ1) is 15.6. The molecule has 0 aromatic carbocycles. The third-order valence-electron chi connectivity index (χ3n) is 4.43. The van der Waals surface area contributed by atoms with Crippen LogP contribution >= 0.6 is 0 Å². The van der Waals surface area contributed by atoms with Gasteiger partial charge in [-0.3, -0.25) is 5.21 Å². The number of aromatic nitrogens is 4. The summed E-state index contributed by atoms with van der Waals surface area (Å²) in [6.45, 7) is 0. The van der Waals surface area contributed by atoms with E-state index in [1.165, 1.54) is 6.33 Å². The molecule has 8 nitrogen and oxygen atoms in total. The molecule has 0 spiro atoms. The predicted molar refractivity (Wildman–Crippen MR) is 95.1 cm³/mol. The number of nitrogens with zero attached hydrogens (tertiary/aromatic N) is 5. The maximum atomic E-state index is 9.62. The van der Waals surface area contributed by atoms with Crippen molar-refractivity contribution >= 4 is 22.5 Å². The van der Waals surface area contributed by atoms with Crippen molar-refractivity contribution in [3.8, 4) is 17.1 Å². The molecule has 3 aromatic rings. The smallest absolute Gasteiger partial charge is 0.227 e. The second-order valence-electron chi connectivity index (χ2n) is 6.24. The lowest BCUT2D eigenvalue weighted by molar-refractivity contribution is 0.276. The minimum atomic E-state index is 0.462. The Hall–Kier alpha value is -2.87. The Balaban J connectivity index is 1.90. The van der Waals surface area contributed by atoms with Gasteiger partial charge in [0.2, 0.25) is 5.88 Å². The highest BCUT2D eigenvalue weighted by Crippen LogP contribution is 2.38. The molecule has 3 aromatic heterocycles. The van der Waals surface area contributed by atoms with E-state index in [0.29, 0.717) is 17.7 Å². The molecule has 4 rings (SSSR count). The molecule has 0 radical (unpaired) electrons. The fourth-order valence-electron chi connectivity index (χ4n) is 2.92. The summed E-state index contributed by atoms with van der Waals surface area (Å²) in [4.78, 5) is 13.0. The van der Waals surface area contributed by atoms with Gasteiger partial charge >= 0.3 is 0 Å². The van der Waals surface area contributed by atoms with Gasteiger partial charge in [-0.2, -0.15) is 0 Å². The van der Waals surface area contributed by atoms with Crippen molar-refractivity contribution in [1.82, 2.24) is 19.5 Å². The molecule has 25 heavy (non-hydrogen) atoms. The summed E-state index contributed by atoms with van der Waals surface area (Å²) in [5, 5.41) is 15.0. The lowest BCUT2D eigenvalue weighted by Gasteiger charge is -2.14. The van der Waals surface area contributed by atoms with E-state index in [-0.39, 0.29) is 0 Å². The van der Waals surface area contributed by atoms with Gasteiger partial charge < -0.3 is 14.6 Å². The van der Waals surface area contributed by atoms with Crippen LogP contribution in [0.5, 0.6) is 5.88 Å². The lowest BCUT2D eigenvalue weighted by atomic mass is 10.2. The van der Waals surface area contributed by atoms with Crippen LogP contribution in [0.3, 0.4) is 0 Å². The van der Waals surface area contributed by atoms with Gasteiger partial charge in [-0.15, -0.1) is 0 Å². The highest BCUT2D eigenvalue weighted by molar-refractivity contribution is 5.91. The summed E-state index contributed by atoms with van der Waals surface area (Å²) in [6.07, 6.45) is 5.55. The monoisotopic (exact) mass is 340 g/mol. The van der Waals surface area contributed by atoms with Crippen LogP contribution in [0, 0.1) is 0 Å². The molecule has 0 amide bonds. The maximum absolute atomic E-state index is 9.62.